The summed E-state index contributed by atoms with van der Waals surface area (Å²) in [5.41, 5.74) is 37.5. The van der Waals surface area contributed by atoms with Gasteiger partial charge in [0.2, 0.25) is 0 Å². The summed E-state index contributed by atoms with van der Waals surface area (Å²) in [6.07, 6.45) is 89.8. The first kappa shape index (κ1) is 112. The summed E-state index contributed by atoms with van der Waals surface area (Å²) < 4.78 is 0. The monoisotopic (exact) mass is 1860 g/mol. The highest BCUT2D eigenvalue weighted by atomic mass is 14.3. The highest BCUT2D eigenvalue weighted by molar-refractivity contribution is 5.99. The molecule has 10 aromatic rings. The largest absolute Gasteiger partial charge is 0.0654 e. The van der Waals surface area contributed by atoms with Crippen LogP contribution < -0.4 is 0 Å². The van der Waals surface area contributed by atoms with Crippen LogP contribution in [0.2, 0.25) is 0 Å². The van der Waals surface area contributed by atoms with E-state index in [0.29, 0.717) is 0 Å². The SMILES string of the molecule is CCCCCCCCc1ccc(CCc2c(CCc3ccc(CCCCCCCC)cc3)c(CCc3ccc(CCCCCCCC)cc3)c3c(CCc4ccc(CCCCCCCC)cc4)c(CCc4ccc(CCCCCCCC)cc4)c(CCc4ccc(CCCCCCCC)cc4)c(CCc4ccc(CCCCCCCC)cc4)c3c2CCc2ccc(CCCCCCCC)cc2)cc1. The van der Waals surface area contributed by atoms with E-state index in [1.807, 2.05) is 0 Å². The quantitative estimate of drug-likeness (QED) is 0.0333. The smallest absolute Gasteiger partial charge is 0.0108 e. The second-order valence-electron chi connectivity index (χ2n) is 43.3. The fraction of sp³-hybridized carbons (Fsp3) is 0.580. The Morgan fingerprint density at radius 3 is 0.283 bits per heavy atom. The van der Waals surface area contributed by atoms with Gasteiger partial charge in [-0.15, -0.1) is 0 Å². The molecule has 0 saturated carbocycles. The van der Waals surface area contributed by atoms with E-state index in [2.05, 4.69) is 250 Å². The van der Waals surface area contributed by atoms with Gasteiger partial charge in [-0.05, 0) is 350 Å². The van der Waals surface area contributed by atoms with Gasteiger partial charge in [-0.25, -0.2) is 0 Å². The van der Waals surface area contributed by atoms with Crippen molar-refractivity contribution >= 4 is 10.8 Å². The first-order valence-corrected chi connectivity index (χ1v) is 59.5. The minimum absolute atomic E-state index is 1.02. The Labute approximate surface area is 850 Å². The van der Waals surface area contributed by atoms with Crippen LogP contribution >= 0.6 is 0 Å². The van der Waals surface area contributed by atoms with Crippen LogP contribution in [-0.2, 0) is 154 Å². The highest BCUT2D eigenvalue weighted by Crippen LogP contribution is 2.45. The van der Waals surface area contributed by atoms with Crippen molar-refractivity contribution < 1.29 is 0 Å². The van der Waals surface area contributed by atoms with E-state index < -0.39 is 0 Å². The van der Waals surface area contributed by atoms with Gasteiger partial charge >= 0.3 is 0 Å². The molecule has 0 aliphatic carbocycles. The zero-order chi connectivity index (χ0) is 96.6. The van der Waals surface area contributed by atoms with Crippen molar-refractivity contribution in [2.75, 3.05) is 0 Å². The maximum Gasteiger partial charge on any atom is -0.0108 e. The Hall–Kier alpha value is -7.54. The molecule has 0 unspecified atom stereocenters. The van der Waals surface area contributed by atoms with Crippen molar-refractivity contribution in [2.24, 2.45) is 0 Å². The molecule has 0 saturated heterocycles. The Kier molecular flexibility index (Phi) is 57.2. The Bertz CT molecular complexity index is 4130. The van der Waals surface area contributed by atoms with Gasteiger partial charge in [-0.3, -0.25) is 0 Å². The first-order valence-electron chi connectivity index (χ1n) is 59.5. The average molecular weight is 1860 g/mol. The summed E-state index contributed by atoms with van der Waals surface area (Å²) in [4.78, 5) is 0. The van der Waals surface area contributed by atoms with Crippen molar-refractivity contribution in [3.05, 3.63) is 328 Å². The fourth-order valence-corrected chi connectivity index (χ4v) is 22.6. The maximum absolute atomic E-state index is 2.58. The predicted molar refractivity (Wildman–Crippen MR) is 611 cm³/mol. The minimum Gasteiger partial charge on any atom is -0.0654 e. The van der Waals surface area contributed by atoms with Gasteiger partial charge in [0, 0.05) is 0 Å². The molecule has 0 N–H and O–H groups in total. The van der Waals surface area contributed by atoms with E-state index in [9.17, 15) is 0 Å². The molecular formula is C138H200. The summed E-state index contributed by atoms with van der Waals surface area (Å²) in [6.45, 7) is 18.8. The molecule has 0 radical (unpaired) electrons. The van der Waals surface area contributed by atoms with Crippen molar-refractivity contribution in [3.8, 4) is 0 Å². The third-order valence-corrected chi connectivity index (χ3v) is 31.7. The molecule has 10 rings (SSSR count). The Balaban J connectivity index is 1.26. The van der Waals surface area contributed by atoms with Gasteiger partial charge in [-0.2, -0.15) is 0 Å². The van der Waals surface area contributed by atoms with Crippen LogP contribution in [0.5, 0.6) is 0 Å². The number of hydrogen-bond acceptors (Lipinski definition) is 0. The number of unbranched alkanes of at least 4 members (excludes halogenated alkanes) is 40. The number of hydrogen-bond donors (Lipinski definition) is 0. The summed E-state index contributed by atoms with van der Waals surface area (Å²) in [6, 6.07) is 81.9. The topological polar surface area (TPSA) is 0 Å². The molecule has 0 aromatic heterocycles. The van der Waals surface area contributed by atoms with E-state index in [0.717, 1.165) is 103 Å². The summed E-state index contributed by atoms with van der Waals surface area (Å²) in [5.74, 6) is 0. The van der Waals surface area contributed by atoms with Gasteiger partial charge in [0.15, 0.2) is 0 Å². The second kappa shape index (κ2) is 70.2. The van der Waals surface area contributed by atoms with Crippen molar-refractivity contribution in [2.45, 2.75) is 518 Å². The number of benzene rings is 10. The molecule has 0 aliphatic rings. The lowest BCUT2D eigenvalue weighted by atomic mass is 9.73. The van der Waals surface area contributed by atoms with Crippen molar-refractivity contribution in [1.29, 1.82) is 0 Å². The molecule has 0 aliphatic heterocycles. The van der Waals surface area contributed by atoms with Crippen LogP contribution in [0.3, 0.4) is 0 Å². The van der Waals surface area contributed by atoms with E-state index in [4.69, 9.17) is 0 Å². The fourth-order valence-electron chi connectivity index (χ4n) is 22.6. The number of aryl methyl sites for hydroxylation is 20. The van der Waals surface area contributed by atoms with E-state index >= 15 is 0 Å². The third kappa shape index (κ3) is 42.9. The van der Waals surface area contributed by atoms with Gasteiger partial charge in [-0.1, -0.05) is 506 Å². The standard InChI is InChI=1S/C138H200/c1-9-17-25-33-41-49-57-113-65-81-121(82-66-113)97-105-129-130(106-98-122-83-67-114(68-84-122)58-50-42-34-26-18-10-2)134(110-102-126-91-75-118(76-92-126)62-54-46-38-30-22-14-6)138-136(112-104-128-95-79-120(80-96-128)64-56-48-40-32-24-16-8)132(108-100-124-87-71-116(72-88-124)60-52-44-36-28-20-12-4)131(107-99-123-85-69-115(70-86-123)59-51-43-35-27-19-11-3)135(111-103-127-93-77-119(78-94-127)63-55-47-39-31-23-15-7)137(138)133(129)109-101-125-89-73-117(74-90-125)61-53-45-37-29-21-13-5/h65-96H,9-64,97-112H2,1-8H3. The van der Waals surface area contributed by atoms with Crippen LogP contribution in [0.4, 0.5) is 0 Å². The van der Waals surface area contributed by atoms with E-state index in [-0.39, 0.29) is 0 Å². The van der Waals surface area contributed by atoms with Gasteiger partial charge in [0.1, 0.15) is 0 Å². The molecule has 0 heterocycles. The zero-order valence-corrected chi connectivity index (χ0v) is 90.4. The maximum atomic E-state index is 2.58. The average Bonchev–Trinajstić information content (AvgIpc) is 0.716. The van der Waals surface area contributed by atoms with Crippen LogP contribution in [0.25, 0.3) is 10.8 Å². The molecule has 0 nitrogen and oxygen atoms in total. The van der Waals surface area contributed by atoms with Crippen molar-refractivity contribution in [3.63, 3.8) is 0 Å². The molecule has 10 aromatic carbocycles. The summed E-state index contributed by atoms with van der Waals surface area (Å²) >= 11 is 0. The van der Waals surface area contributed by atoms with Gasteiger partial charge < -0.3 is 0 Å². The van der Waals surface area contributed by atoms with Crippen LogP contribution in [-0.4, -0.2) is 0 Å². The molecule has 0 fully saturated rings. The lowest BCUT2D eigenvalue weighted by Crippen LogP contribution is -2.17. The molecule has 0 heteroatoms. The second-order valence-corrected chi connectivity index (χ2v) is 43.3. The Morgan fingerprint density at radius 2 is 0.174 bits per heavy atom. The van der Waals surface area contributed by atoms with E-state index in [1.54, 1.807) is 55.3 Å². The molecule has 0 amide bonds. The van der Waals surface area contributed by atoms with Crippen LogP contribution in [0.15, 0.2) is 194 Å². The highest BCUT2D eigenvalue weighted by Gasteiger charge is 2.29. The molecule has 0 atom stereocenters. The molecule has 752 valence electrons. The lowest BCUT2D eigenvalue weighted by Gasteiger charge is -2.31. The number of fused-ring (bicyclic) bond motifs is 1. The normalized spacial score (nSPS) is 11.7. The van der Waals surface area contributed by atoms with Gasteiger partial charge in [0.05, 0.1) is 0 Å². The summed E-state index contributed by atoms with van der Waals surface area (Å²) in [5, 5.41) is 3.34. The Morgan fingerprint density at radius 1 is 0.0870 bits per heavy atom. The van der Waals surface area contributed by atoms with Gasteiger partial charge in [0.25, 0.3) is 0 Å². The van der Waals surface area contributed by atoms with Crippen LogP contribution in [0, 0.1) is 0 Å². The van der Waals surface area contributed by atoms with E-state index in [1.165, 1.54) is 449 Å². The predicted octanol–water partition coefficient (Wildman–Crippen LogP) is 40.3. The molecule has 0 bridgehead atoms. The zero-order valence-electron chi connectivity index (χ0n) is 90.4. The molecule has 0 spiro atoms. The van der Waals surface area contributed by atoms with Crippen molar-refractivity contribution in [1.82, 2.24) is 0 Å². The summed E-state index contributed by atoms with van der Waals surface area (Å²) in [7, 11) is 0. The molecule has 138 heavy (non-hydrogen) atoms. The third-order valence-electron chi connectivity index (χ3n) is 31.7. The lowest BCUT2D eigenvalue weighted by molar-refractivity contribution is 0.607. The number of rotatable bonds is 80. The first-order chi connectivity index (χ1) is 68.2. The minimum atomic E-state index is 1.02. The molecular weight excluding hydrogens is 1660 g/mol. The van der Waals surface area contributed by atoms with Crippen LogP contribution in [0.1, 0.15) is 497 Å².